The predicted octanol–water partition coefficient (Wildman–Crippen LogP) is 13.6. The van der Waals surface area contributed by atoms with Crippen LogP contribution in [0, 0.1) is 78.7 Å². The number of benzene rings is 2. The van der Waals surface area contributed by atoms with E-state index in [2.05, 4.69) is 59.0 Å². The van der Waals surface area contributed by atoms with Crippen molar-refractivity contribution < 1.29 is 9.47 Å². The largest absolute Gasteiger partial charge is 0.505 e. The number of nitrogens with zero attached hydrogens (tertiary/aromatic N) is 9. The summed E-state index contributed by atoms with van der Waals surface area (Å²) in [5.41, 5.74) is 11.1. The molecule has 4 bridgehead atoms. The second kappa shape index (κ2) is 20.2. The van der Waals surface area contributed by atoms with Gasteiger partial charge in [-0.3, -0.25) is 0 Å². The quantitative estimate of drug-likeness (QED) is 0.0604. The number of hydrogen-bond acceptors (Lipinski definition) is 6. The van der Waals surface area contributed by atoms with Crippen molar-refractivity contribution in [2.75, 3.05) is 5.32 Å². The van der Waals surface area contributed by atoms with E-state index in [4.69, 9.17) is 81.4 Å². The molecule has 4 unspecified atom stereocenters. The van der Waals surface area contributed by atoms with Crippen LogP contribution < -0.4 is 5.32 Å². The second-order valence-corrected chi connectivity index (χ2v) is 17.8. The number of fused-ring (bicyclic) bond motifs is 4. The van der Waals surface area contributed by atoms with Crippen LogP contribution >= 0.6 is 34.8 Å². The fourth-order valence-corrected chi connectivity index (χ4v) is 8.52. The van der Waals surface area contributed by atoms with E-state index in [1.807, 2.05) is 44.2 Å². The van der Waals surface area contributed by atoms with Crippen LogP contribution in [-0.2, 0) is 9.47 Å². The zero-order chi connectivity index (χ0) is 45.2. The van der Waals surface area contributed by atoms with Crippen molar-refractivity contribution in [3.63, 3.8) is 0 Å². The molecule has 2 aliphatic heterocycles. The molecule has 8 rings (SSSR count). The fourth-order valence-electron chi connectivity index (χ4n) is 8.52. The minimum atomic E-state index is -0.859. The number of allylic oxidation sites excluding steroid dienone is 4. The molecule has 2 aromatic rings. The van der Waals surface area contributed by atoms with E-state index in [9.17, 15) is 5.26 Å². The Kier molecular flexibility index (Phi) is 15.1. The Labute approximate surface area is 377 Å². The summed E-state index contributed by atoms with van der Waals surface area (Å²) >= 11 is 14.4. The molecule has 4 aliphatic carbocycles. The molecule has 310 valence electrons. The Balaban J connectivity index is 0.000000190. The number of halogens is 3. The first-order chi connectivity index (χ1) is 29.6. The number of hydrogen-bond donors (Lipinski definition) is 1. The zero-order valence-corrected chi connectivity index (χ0v) is 36.6. The van der Waals surface area contributed by atoms with Crippen molar-refractivity contribution in [3.8, 4) is 12.1 Å². The predicted molar refractivity (Wildman–Crippen MR) is 240 cm³/mol. The molecule has 4 atom stereocenters. The molecule has 15 heteroatoms. The third kappa shape index (κ3) is 10.4. The normalized spacial score (nSPS) is 24.8. The Bertz CT molecular complexity index is 2510. The molecule has 0 saturated heterocycles. The highest BCUT2D eigenvalue weighted by atomic mass is 35.6. The van der Waals surface area contributed by atoms with Gasteiger partial charge in [0.25, 0.3) is 11.4 Å². The van der Waals surface area contributed by atoms with Gasteiger partial charge in [-0.1, -0.05) is 88.5 Å². The third-order valence-corrected chi connectivity index (χ3v) is 11.1. The van der Waals surface area contributed by atoms with Crippen molar-refractivity contribution in [2.45, 2.75) is 81.3 Å². The van der Waals surface area contributed by atoms with Crippen LogP contribution in [0.3, 0.4) is 0 Å². The van der Waals surface area contributed by atoms with E-state index in [1.165, 1.54) is 32.1 Å². The lowest BCUT2D eigenvalue weighted by molar-refractivity contribution is 0.108. The first-order valence-electron chi connectivity index (χ1n) is 19.5. The maximum atomic E-state index is 9.21. The highest BCUT2D eigenvalue weighted by molar-refractivity contribution is 6.63. The van der Waals surface area contributed by atoms with E-state index in [1.54, 1.807) is 44.2 Å². The number of rotatable bonds is 5. The van der Waals surface area contributed by atoms with Gasteiger partial charge < -0.3 is 14.8 Å². The standard InChI is InChI=1S/C23H20N4O.C16H10N6O.C7H9.CHCl3/c1-23(2)19(21(26-4)22(28-23)18(13-24)25-3)14-9-11-17(12-10-14)27-20-15-5-6-16(20)8-7-15;1-16(2)13(10-5-7-11(8-6-10)21-22-18)14(20-4)15(23-16)12(9-17)19-3;1-2-7-4-3-6(1)5-7;2-1(3)4/h5-6,9-12,15-16,20,27H,7-8H2,1-2H3;5-8H,1-2H3;1,6-7H,3-5H2;1H/q;;+1;/b22-18+;15-12+;;. The summed E-state index contributed by atoms with van der Waals surface area (Å²) in [6.45, 7) is 36.5. The van der Waals surface area contributed by atoms with E-state index in [0.29, 0.717) is 40.3 Å². The highest BCUT2D eigenvalue weighted by Crippen LogP contribution is 2.48. The molecule has 2 heterocycles. The Hall–Kier alpha value is -6.69. The molecule has 12 nitrogen and oxygen atoms in total. The Morgan fingerprint density at radius 1 is 0.790 bits per heavy atom. The summed E-state index contributed by atoms with van der Waals surface area (Å²) in [6, 6.07) is 18.8. The molecule has 0 aromatic heterocycles. The van der Waals surface area contributed by atoms with Crippen LogP contribution in [0.2, 0.25) is 0 Å². The highest BCUT2D eigenvalue weighted by Gasteiger charge is 2.42. The summed E-state index contributed by atoms with van der Waals surface area (Å²) in [5, 5.41) is 25.4. The first kappa shape index (κ1) is 46.4. The smallest absolute Gasteiger partial charge is 0.292 e. The van der Waals surface area contributed by atoms with Gasteiger partial charge in [-0.25, -0.2) is 29.9 Å². The third-order valence-electron chi connectivity index (χ3n) is 11.1. The van der Waals surface area contributed by atoms with Crippen molar-refractivity contribution in [1.29, 1.82) is 10.5 Å². The summed E-state index contributed by atoms with van der Waals surface area (Å²) < 4.78 is 10.8. The molecular formula is C47H40Cl3N10O2+. The van der Waals surface area contributed by atoms with Gasteiger partial charge in [0.1, 0.15) is 22.7 Å². The maximum Gasteiger partial charge on any atom is 0.292 e. The first-order valence-corrected chi connectivity index (χ1v) is 20.8. The maximum absolute atomic E-state index is 9.21. The number of ether oxygens (including phenoxy) is 2. The molecule has 6 aliphatic rings. The van der Waals surface area contributed by atoms with E-state index in [0.717, 1.165) is 23.1 Å². The van der Waals surface area contributed by atoms with Crippen LogP contribution in [-0.4, -0.2) is 21.5 Å². The molecule has 1 N–H and O–H groups in total. The molecule has 2 aromatic carbocycles. The van der Waals surface area contributed by atoms with Gasteiger partial charge in [-0.2, -0.15) is 0 Å². The molecule has 0 amide bonds. The summed E-state index contributed by atoms with van der Waals surface area (Å²) in [4.78, 5) is 16.1. The van der Waals surface area contributed by atoms with Gasteiger partial charge in [-0.15, -0.1) is 0 Å². The van der Waals surface area contributed by atoms with Crippen LogP contribution in [0.1, 0.15) is 70.9 Å². The molecule has 2 saturated carbocycles. The van der Waals surface area contributed by atoms with Gasteiger partial charge in [0.2, 0.25) is 17.5 Å². The fraction of sp³-hybridized carbons (Fsp3) is 0.362. The van der Waals surface area contributed by atoms with Gasteiger partial charge in [0.15, 0.2) is 16.3 Å². The van der Waals surface area contributed by atoms with Crippen molar-refractivity contribution in [3.05, 3.63) is 174 Å². The molecular weight excluding hydrogens is 843 g/mol. The lowest BCUT2D eigenvalue weighted by Gasteiger charge is -2.24. The molecule has 0 radical (unpaired) electrons. The average molecular weight is 883 g/mol. The number of nitriles is 2. The van der Waals surface area contributed by atoms with Crippen LogP contribution in [0.25, 0.3) is 41.0 Å². The van der Waals surface area contributed by atoms with Crippen LogP contribution in [0.5, 0.6) is 0 Å². The Morgan fingerprint density at radius 3 is 1.56 bits per heavy atom. The van der Waals surface area contributed by atoms with E-state index >= 15 is 0 Å². The Morgan fingerprint density at radius 2 is 1.26 bits per heavy atom. The SMILES string of the molecule is ClC(Cl)Cl.[C+]1=CC2CCC1C2.[C-]#[N+]C1=C(c2ccc(N=[N+]=[N-])cc2)C(C)(C)O/C1=C(\C#N)[N+]#[C-].[C-]#[N+]C1=C(c2ccc(NC3C4C=CC3CC4)cc2)C(C)(C)O/C1=C(\C#N)[N+]#[C-]. The summed E-state index contributed by atoms with van der Waals surface area (Å²) in [5.74, 6) is 3.14. The second-order valence-electron chi connectivity index (χ2n) is 15.8. The number of nitrogens with one attached hydrogen (secondary N) is 1. The lowest BCUT2D eigenvalue weighted by atomic mass is 9.91. The summed E-state index contributed by atoms with van der Waals surface area (Å²) in [7, 11) is 0. The van der Waals surface area contributed by atoms with Crippen molar-refractivity contribution in [2.24, 2.45) is 28.8 Å². The molecule has 62 heavy (non-hydrogen) atoms. The molecule has 2 fully saturated rings. The zero-order valence-electron chi connectivity index (χ0n) is 34.3. The van der Waals surface area contributed by atoms with Gasteiger partial charge in [0.05, 0.1) is 38.4 Å². The van der Waals surface area contributed by atoms with Gasteiger partial charge >= 0.3 is 0 Å². The minimum absolute atomic E-state index is 0.0108. The average Bonchev–Trinajstić information content (AvgIpc) is 4.13. The number of anilines is 1. The number of azide groups is 1. The van der Waals surface area contributed by atoms with Crippen molar-refractivity contribution in [1.82, 2.24) is 0 Å². The van der Waals surface area contributed by atoms with Gasteiger partial charge in [-0.05, 0) is 87.6 Å². The monoisotopic (exact) mass is 881 g/mol. The minimum Gasteiger partial charge on any atom is -0.505 e. The molecule has 0 spiro atoms. The van der Waals surface area contributed by atoms with Crippen molar-refractivity contribution >= 4 is 57.3 Å². The van der Waals surface area contributed by atoms with E-state index < -0.39 is 15.5 Å². The van der Waals surface area contributed by atoms with Crippen LogP contribution in [0.4, 0.5) is 11.4 Å². The lowest BCUT2D eigenvalue weighted by Crippen LogP contribution is -2.25. The number of alkyl halides is 3. The van der Waals surface area contributed by atoms with Gasteiger partial charge in [0, 0.05) is 52.2 Å². The topological polar surface area (TPSA) is 144 Å². The summed E-state index contributed by atoms with van der Waals surface area (Å²) in [6.07, 6.45) is 17.0. The van der Waals surface area contributed by atoms with E-state index in [-0.39, 0.29) is 34.3 Å². The van der Waals surface area contributed by atoms with Crippen LogP contribution in [0.15, 0.2) is 106 Å².